The maximum Gasteiger partial charge on any atom is 0.267 e. The van der Waals surface area contributed by atoms with Crippen molar-refractivity contribution < 1.29 is 13.2 Å². The average molecular weight is 395 g/mol. The fourth-order valence-corrected chi connectivity index (χ4v) is 4.82. The van der Waals surface area contributed by atoms with Crippen LogP contribution in [0.2, 0.25) is 0 Å². The number of nitrogens with zero attached hydrogens (tertiary/aromatic N) is 2. The van der Waals surface area contributed by atoms with E-state index in [-0.39, 0.29) is 17.3 Å². The second kappa shape index (κ2) is 7.52. The molecule has 28 heavy (non-hydrogen) atoms. The van der Waals surface area contributed by atoms with Crippen LogP contribution in [0.1, 0.15) is 22.5 Å². The number of para-hydroxylation sites is 1. The molecular formula is C21H21N3O3S. The molecule has 2 heterocycles. The molecule has 1 aliphatic heterocycles. The molecule has 0 saturated carbocycles. The number of benzene rings is 2. The summed E-state index contributed by atoms with van der Waals surface area (Å²) in [4.78, 5) is 12.4. The monoisotopic (exact) mass is 395 g/mol. The van der Waals surface area contributed by atoms with E-state index in [0.29, 0.717) is 24.5 Å². The van der Waals surface area contributed by atoms with Gasteiger partial charge in [0.2, 0.25) is 0 Å². The predicted octanol–water partition coefficient (Wildman–Crippen LogP) is 3.02. The number of carbonyl (C=O) groups excluding carboxylic acids is 1. The Morgan fingerprint density at radius 2 is 1.68 bits per heavy atom. The van der Waals surface area contributed by atoms with E-state index >= 15 is 0 Å². The zero-order valence-corrected chi connectivity index (χ0v) is 16.1. The van der Waals surface area contributed by atoms with Crippen molar-refractivity contribution in [2.45, 2.75) is 24.4 Å². The molecule has 0 spiro atoms. The van der Waals surface area contributed by atoms with Gasteiger partial charge < -0.3 is 9.88 Å². The Labute approximate surface area is 164 Å². The molecule has 0 saturated heterocycles. The van der Waals surface area contributed by atoms with E-state index < -0.39 is 10.0 Å². The van der Waals surface area contributed by atoms with Gasteiger partial charge in [-0.05, 0) is 30.2 Å². The normalized spacial score (nSPS) is 14.1. The molecule has 1 aliphatic rings. The quantitative estimate of drug-likeness (QED) is 0.722. The van der Waals surface area contributed by atoms with Gasteiger partial charge in [0.25, 0.3) is 15.9 Å². The maximum absolute atomic E-state index is 13.5. The molecule has 0 radical (unpaired) electrons. The highest BCUT2D eigenvalue weighted by molar-refractivity contribution is 7.92. The molecule has 3 aromatic rings. The summed E-state index contributed by atoms with van der Waals surface area (Å²) in [5.74, 6) is -0.242. The highest BCUT2D eigenvalue weighted by Crippen LogP contribution is 2.27. The first-order valence-electron chi connectivity index (χ1n) is 9.16. The Morgan fingerprint density at radius 3 is 2.39 bits per heavy atom. The molecule has 1 amide bonds. The van der Waals surface area contributed by atoms with Crippen LogP contribution >= 0.6 is 0 Å². The van der Waals surface area contributed by atoms with Crippen LogP contribution in [0.3, 0.4) is 0 Å². The summed E-state index contributed by atoms with van der Waals surface area (Å²) in [7, 11) is -3.85. The molecule has 1 aromatic heterocycles. The molecule has 2 aromatic carbocycles. The van der Waals surface area contributed by atoms with Crippen molar-refractivity contribution in [3.63, 3.8) is 0 Å². The summed E-state index contributed by atoms with van der Waals surface area (Å²) in [5.41, 5.74) is 1.84. The SMILES string of the molecule is O=C1NCCCn2cc(S(=O)(=O)N(Cc3ccccc3)c3ccccc3)cc21. The number of aryl methyl sites for hydroxylation is 1. The van der Waals surface area contributed by atoms with E-state index in [2.05, 4.69) is 5.32 Å². The van der Waals surface area contributed by atoms with Crippen LogP contribution in [0.5, 0.6) is 0 Å². The number of sulfonamides is 1. The van der Waals surface area contributed by atoms with E-state index in [1.807, 2.05) is 48.5 Å². The van der Waals surface area contributed by atoms with E-state index in [4.69, 9.17) is 0 Å². The summed E-state index contributed by atoms with van der Waals surface area (Å²) in [6.45, 7) is 1.40. The highest BCUT2D eigenvalue weighted by atomic mass is 32.2. The minimum atomic E-state index is -3.85. The average Bonchev–Trinajstić information content (AvgIpc) is 3.08. The number of rotatable bonds is 5. The molecule has 0 unspecified atom stereocenters. The van der Waals surface area contributed by atoms with Crippen LogP contribution < -0.4 is 9.62 Å². The third-order valence-electron chi connectivity index (χ3n) is 4.77. The molecule has 1 N–H and O–H groups in total. The molecule has 4 rings (SSSR count). The Bertz CT molecular complexity index is 1080. The van der Waals surface area contributed by atoms with Crippen molar-refractivity contribution >= 4 is 21.6 Å². The first-order chi connectivity index (χ1) is 13.6. The zero-order chi connectivity index (χ0) is 19.6. The van der Waals surface area contributed by atoms with Crippen molar-refractivity contribution in [3.05, 3.63) is 84.2 Å². The Balaban J connectivity index is 1.77. The fourth-order valence-electron chi connectivity index (χ4n) is 3.33. The summed E-state index contributed by atoms with van der Waals surface area (Å²) in [5, 5.41) is 2.80. The first-order valence-corrected chi connectivity index (χ1v) is 10.6. The maximum atomic E-state index is 13.5. The van der Waals surface area contributed by atoms with Crippen LogP contribution in [0.15, 0.2) is 77.8 Å². The van der Waals surface area contributed by atoms with Gasteiger partial charge in [0, 0.05) is 19.3 Å². The number of hydrogen-bond acceptors (Lipinski definition) is 3. The lowest BCUT2D eigenvalue weighted by Gasteiger charge is -2.24. The fraction of sp³-hybridized carbons (Fsp3) is 0.190. The van der Waals surface area contributed by atoms with Crippen molar-refractivity contribution in [1.82, 2.24) is 9.88 Å². The minimum absolute atomic E-state index is 0.124. The standard InChI is InChI=1S/C21H21N3O3S/c25-21-20-14-19(16-23(20)13-7-12-22-21)28(26,27)24(18-10-5-2-6-11-18)15-17-8-3-1-4-9-17/h1-6,8-11,14,16H,7,12-13,15H2,(H,22,25). The lowest BCUT2D eigenvalue weighted by atomic mass is 10.2. The summed E-state index contributed by atoms with van der Waals surface area (Å²) in [6, 6.07) is 19.9. The minimum Gasteiger partial charge on any atom is -0.351 e. The smallest absolute Gasteiger partial charge is 0.267 e. The first kappa shape index (κ1) is 18.3. The van der Waals surface area contributed by atoms with E-state index in [9.17, 15) is 13.2 Å². The second-order valence-electron chi connectivity index (χ2n) is 6.70. The number of amides is 1. The lowest BCUT2D eigenvalue weighted by molar-refractivity contribution is 0.0951. The van der Waals surface area contributed by atoms with Gasteiger partial charge >= 0.3 is 0 Å². The number of aromatic nitrogens is 1. The zero-order valence-electron chi connectivity index (χ0n) is 15.3. The second-order valence-corrected chi connectivity index (χ2v) is 8.56. The van der Waals surface area contributed by atoms with Gasteiger partial charge in [-0.1, -0.05) is 48.5 Å². The van der Waals surface area contributed by atoms with Crippen LogP contribution in [0.4, 0.5) is 5.69 Å². The summed E-state index contributed by atoms with van der Waals surface area (Å²) >= 11 is 0. The van der Waals surface area contributed by atoms with Gasteiger partial charge in [0.05, 0.1) is 12.2 Å². The summed E-state index contributed by atoms with van der Waals surface area (Å²) < 4.78 is 30.2. The third kappa shape index (κ3) is 3.53. The van der Waals surface area contributed by atoms with Crippen LogP contribution in [-0.2, 0) is 23.1 Å². The molecule has 0 atom stereocenters. The molecule has 144 valence electrons. The van der Waals surface area contributed by atoms with Gasteiger partial charge in [-0.25, -0.2) is 8.42 Å². The van der Waals surface area contributed by atoms with Crippen molar-refractivity contribution in [1.29, 1.82) is 0 Å². The molecule has 0 fully saturated rings. The van der Waals surface area contributed by atoms with Gasteiger partial charge in [0.1, 0.15) is 10.6 Å². The molecule has 6 nitrogen and oxygen atoms in total. The Hall–Kier alpha value is -3.06. The molecule has 7 heteroatoms. The van der Waals surface area contributed by atoms with Crippen LogP contribution in [0.25, 0.3) is 0 Å². The van der Waals surface area contributed by atoms with E-state index in [1.54, 1.807) is 22.9 Å². The number of fused-ring (bicyclic) bond motifs is 1. The Morgan fingerprint density at radius 1 is 1.00 bits per heavy atom. The van der Waals surface area contributed by atoms with Gasteiger partial charge in [0.15, 0.2) is 0 Å². The number of carbonyl (C=O) groups is 1. The van der Waals surface area contributed by atoms with Gasteiger partial charge in [-0.2, -0.15) is 0 Å². The number of hydrogen-bond donors (Lipinski definition) is 1. The van der Waals surface area contributed by atoms with Crippen molar-refractivity contribution in [3.8, 4) is 0 Å². The molecule has 0 bridgehead atoms. The largest absolute Gasteiger partial charge is 0.351 e. The van der Waals surface area contributed by atoms with Crippen LogP contribution in [0, 0.1) is 0 Å². The van der Waals surface area contributed by atoms with Gasteiger partial charge in [-0.15, -0.1) is 0 Å². The third-order valence-corrected chi connectivity index (χ3v) is 6.51. The van der Waals surface area contributed by atoms with Crippen LogP contribution in [-0.4, -0.2) is 25.4 Å². The van der Waals surface area contributed by atoms with Crippen molar-refractivity contribution in [2.75, 3.05) is 10.8 Å². The van der Waals surface area contributed by atoms with Gasteiger partial charge in [-0.3, -0.25) is 9.10 Å². The number of anilines is 1. The topological polar surface area (TPSA) is 71.4 Å². The summed E-state index contributed by atoms with van der Waals surface area (Å²) in [6.07, 6.45) is 2.33. The van der Waals surface area contributed by atoms with E-state index in [0.717, 1.165) is 12.0 Å². The number of nitrogens with one attached hydrogen (secondary N) is 1. The lowest BCUT2D eigenvalue weighted by Crippen LogP contribution is -2.30. The van der Waals surface area contributed by atoms with E-state index in [1.165, 1.54) is 10.4 Å². The highest BCUT2D eigenvalue weighted by Gasteiger charge is 2.29. The Kier molecular flexibility index (Phi) is 4.92. The van der Waals surface area contributed by atoms with Crippen molar-refractivity contribution in [2.24, 2.45) is 0 Å². The molecule has 0 aliphatic carbocycles. The molecular weight excluding hydrogens is 374 g/mol. The predicted molar refractivity (Wildman–Crippen MR) is 108 cm³/mol.